The fraction of sp³-hybridized carbons (Fsp3) is 0.739. The summed E-state index contributed by atoms with van der Waals surface area (Å²) >= 11 is 0. The summed E-state index contributed by atoms with van der Waals surface area (Å²) in [6, 6.07) is 4.40. The minimum Gasteiger partial charge on any atom is -0.493 e. The Morgan fingerprint density at radius 2 is 1.87 bits per heavy atom. The Bertz CT molecular complexity index is 669. The molecule has 0 radical (unpaired) electrons. The fourth-order valence-electron chi connectivity index (χ4n) is 4.69. The summed E-state index contributed by atoms with van der Waals surface area (Å²) in [4.78, 5) is 2.26. The smallest absolute Gasteiger partial charge is 0.419 e. The Morgan fingerprint density at radius 1 is 1.17 bits per heavy atom. The molecule has 2 aliphatic rings. The van der Waals surface area contributed by atoms with Crippen LogP contribution in [-0.4, -0.2) is 54.9 Å². The fourth-order valence-corrected chi connectivity index (χ4v) is 4.69. The van der Waals surface area contributed by atoms with Gasteiger partial charge in [0.25, 0.3) is 0 Å². The molecule has 0 aromatic heterocycles. The highest BCUT2D eigenvalue weighted by atomic mass is 19.4. The number of nitrogens with one attached hydrogen (secondary N) is 1. The summed E-state index contributed by atoms with van der Waals surface area (Å²) in [5.74, 6) is -0.460. The van der Waals surface area contributed by atoms with Gasteiger partial charge < -0.3 is 20.1 Å². The molecule has 3 rings (SSSR count). The van der Waals surface area contributed by atoms with Gasteiger partial charge in [0.2, 0.25) is 0 Å². The number of ether oxygens (including phenoxy) is 1. The van der Waals surface area contributed by atoms with Crippen molar-refractivity contribution in [2.24, 2.45) is 0 Å². The third-order valence-corrected chi connectivity index (χ3v) is 6.49. The van der Waals surface area contributed by atoms with Crippen LogP contribution in [0.1, 0.15) is 68.9 Å². The van der Waals surface area contributed by atoms with Gasteiger partial charge in [-0.25, -0.2) is 0 Å². The number of nitrogens with zero attached hydrogens (tertiary/aromatic N) is 1. The highest BCUT2D eigenvalue weighted by molar-refractivity contribution is 5.41. The van der Waals surface area contributed by atoms with E-state index in [4.69, 9.17) is 4.74 Å². The lowest BCUT2D eigenvalue weighted by Gasteiger charge is -2.42. The standard InChI is InChI=1S/C23H35F3N2O2/c1-2-3-15-30-21-8-7-18(16-19(21)23(24,25)26)20(17-28-13-11-27-12-14-28)22(29)9-5-4-6-10-22/h7-8,16,20,27,29H,2-6,9-15,17H2,1H3. The van der Waals surface area contributed by atoms with Crippen LogP contribution in [0.4, 0.5) is 13.2 Å². The lowest BCUT2D eigenvalue weighted by atomic mass is 9.72. The topological polar surface area (TPSA) is 44.7 Å². The summed E-state index contributed by atoms with van der Waals surface area (Å²) in [7, 11) is 0. The van der Waals surface area contributed by atoms with E-state index in [2.05, 4.69) is 10.2 Å². The van der Waals surface area contributed by atoms with Gasteiger partial charge in [-0.15, -0.1) is 0 Å². The van der Waals surface area contributed by atoms with Crippen LogP contribution in [0.25, 0.3) is 0 Å². The molecular weight excluding hydrogens is 393 g/mol. The van der Waals surface area contributed by atoms with E-state index < -0.39 is 17.3 Å². The lowest BCUT2D eigenvalue weighted by Crippen LogP contribution is -2.49. The molecule has 1 aromatic carbocycles. The average molecular weight is 429 g/mol. The molecule has 30 heavy (non-hydrogen) atoms. The highest BCUT2D eigenvalue weighted by Crippen LogP contribution is 2.44. The molecule has 1 aliphatic heterocycles. The third-order valence-electron chi connectivity index (χ3n) is 6.49. The summed E-state index contributed by atoms with van der Waals surface area (Å²) in [6.45, 7) is 6.24. The number of hydrogen-bond acceptors (Lipinski definition) is 4. The van der Waals surface area contributed by atoms with Crippen LogP contribution >= 0.6 is 0 Å². The largest absolute Gasteiger partial charge is 0.493 e. The number of rotatable bonds is 8. The van der Waals surface area contributed by atoms with E-state index in [0.29, 0.717) is 31.4 Å². The molecule has 0 amide bonds. The number of benzene rings is 1. The molecule has 1 saturated carbocycles. The highest BCUT2D eigenvalue weighted by Gasteiger charge is 2.42. The zero-order chi connectivity index (χ0) is 21.6. The number of unbranched alkanes of at least 4 members (excludes halogenated alkanes) is 1. The maximum absolute atomic E-state index is 13.8. The normalized spacial score (nSPS) is 21.4. The summed E-state index contributed by atoms with van der Waals surface area (Å²) in [5.41, 5.74) is -1.13. The van der Waals surface area contributed by atoms with E-state index in [-0.39, 0.29) is 18.3 Å². The second-order valence-electron chi connectivity index (χ2n) is 8.72. The van der Waals surface area contributed by atoms with Crippen LogP contribution in [-0.2, 0) is 6.18 Å². The van der Waals surface area contributed by atoms with Crippen molar-refractivity contribution < 1.29 is 23.0 Å². The van der Waals surface area contributed by atoms with Gasteiger partial charge in [0.05, 0.1) is 17.8 Å². The molecule has 1 aliphatic carbocycles. The van der Waals surface area contributed by atoms with Crippen LogP contribution in [0.3, 0.4) is 0 Å². The van der Waals surface area contributed by atoms with E-state index in [9.17, 15) is 18.3 Å². The van der Waals surface area contributed by atoms with E-state index >= 15 is 0 Å². The van der Waals surface area contributed by atoms with Crippen molar-refractivity contribution in [2.75, 3.05) is 39.3 Å². The van der Waals surface area contributed by atoms with Gasteiger partial charge >= 0.3 is 6.18 Å². The van der Waals surface area contributed by atoms with Crippen LogP contribution in [0.5, 0.6) is 5.75 Å². The maximum Gasteiger partial charge on any atom is 0.419 e. The summed E-state index contributed by atoms with van der Waals surface area (Å²) < 4.78 is 47.0. The summed E-state index contributed by atoms with van der Waals surface area (Å²) in [5, 5.41) is 14.8. The minimum absolute atomic E-state index is 0.115. The van der Waals surface area contributed by atoms with Crippen LogP contribution < -0.4 is 10.1 Å². The molecule has 170 valence electrons. The van der Waals surface area contributed by atoms with Crippen molar-refractivity contribution in [3.8, 4) is 5.75 Å². The first-order valence-electron chi connectivity index (χ1n) is 11.3. The summed E-state index contributed by atoms with van der Waals surface area (Å²) in [6.07, 6.45) is 1.26. The minimum atomic E-state index is -4.49. The Hall–Kier alpha value is -1.31. The van der Waals surface area contributed by atoms with E-state index in [1.807, 2.05) is 6.92 Å². The van der Waals surface area contributed by atoms with Crippen LogP contribution in [0.15, 0.2) is 18.2 Å². The number of alkyl halides is 3. The van der Waals surface area contributed by atoms with Gasteiger partial charge in [0.15, 0.2) is 0 Å². The van der Waals surface area contributed by atoms with Gasteiger partial charge in [-0.1, -0.05) is 38.7 Å². The molecule has 2 N–H and O–H groups in total. The first-order valence-corrected chi connectivity index (χ1v) is 11.3. The monoisotopic (exact) mass is 428 g/mol. The van der Waals surface area contributed by atoms with Gasteiger partial charge in [-0.2, -0.15) is 13.2 Å². The Balaban J connectivity index is 1.92. The Labute approximate surface area is 177 Å². The van der Waals surface area contributed by atoms with Crippen molar-refractivity contribution in [2.45, 2.75) is 69.6 Å². The molecule has 2 fully saturated rings. The molecular formula is C23H35F3N2O2. The van der Waals surface area contributed by atoms with Crippen molar-refractivity contribution >= 4 is 0 Å². The Kier molecular flexibility index (Phi) is 8.04. The van der Waals surface area contributed by atoms with Gasteiger partial charge in [0.1, 0.15) is 5.75 Å². The molecule has 7 heteroatoms. The molecule has 0 bridgehead atoms. The first kappa shape index (κ1) is 23.4. The first-order chi connectivity index (χ1) is 14.3. The SMILES string of the molecule is CCCCOc1ccc(C(CN2CCNCC2)C2(O)CCCCC2)cc1C(F)(F)F. The molecule has 1 aromatic rings. The molecule has 4 nitrogen and oxygen atoms in total. The van der Waals surface area contributed by atoms with Gasteiger partial charge in [0, 0.05) is 38.6 Å². The van der Waals surface area contributed by atoms with Gasteiger partial charge in [-0.05, 0) is 37.0 Å². The molecule has 1 unspecified atom stereocenters. The quantitative estimate of drug-likeness (QED) is 0.596. The van der Waals surface area contributed by atoms with Gasteiger partial charge in [-0.3, -0.25) is 0 Å². The number of halogens is 3. The maximum atomic E-state index is 13.8. The van der Waals surface area contributed by atoms with E-state index in [0.717, 1.165) is 51.9 Å². The molecule has 1 heterocycles. The third kappa shape index (κ3) is 5.89. The van der Waals surface area contributed by atoms with E-state index in [1.165, 1.54) is 12.1 Å². The zero-order valence-electron chi connectivity index (χ0n) is 17.9. The van der Waals surface area contributed by atoms with Crippen molar-refractivity contribution in [1.82, 2.24) is 10.2 Å². The van der Waals surface area contributed by atoms with Crippen LogP contribution in [0.2, 0.25) is 0 Å². The number of aliphatic hydroxyl groups is 1. The van der Waals surface area contributed by atoms with Crippen LogP contribution in [0, 0.1) is 0 Å². The second-order valence-corrected chi connectivity index (χ2v) is 8.72. The van der Waals surface area contributed by atoms with Crippen molar-refractivity contribution in [1.29, 1.82) is 0 Å². The lowest BCUT2D eigenvalue weighted by molar-refractivity contribution is -0.139. The zero-order valence-corrected chi connectivity index (χ0v) is 17.9. The molecule has 1 atom stereocenters. The van der Waals surface area contributed by atoms with Crippen molar-refractivity contribution in [3.05, 3.63) is 29.3 Å². The number of piperazine rings is 1. The second kappa shape index (κ2) is 10.3. The number of hydrogen-bond donors (Lipinski definition) is 2. The molecule has 0 spiro atoms. The Morgan fingerprint density at radius 3 is 2.50 bits per heavy atom. The van der Waals surface area contributed by atoms with E-state index in [1.54, 1.807) is 6.07 Å². The predicted molar refractivity (Wildman–Crippen MR) is 112 cm³/mol. The average Bonchev–Trinajstić information content (AvgIpc) is 2.73. The van der Waals surface area contributed by atoms with Crippen molar-refractivity contribution in [3.63, 3.8) is 0 Å². The molecule has 1 saturated heterocycles. The predicted octanol–water partition coefficient (Wildman–Crippen LogP) is 4.57.